The Balaban J connectivity index is 2.44. The van der Waals surface area contributed by atoms with Crippen LogP contribution < -0.4 is 0 Å². The van der Waals surface area contributed by atoms with Gasteiger partial charge in [0.2, 0.25) is 0 Å². The summed E-state index contributed by atoms with van der Waals surface area (Å²) in [6, 6.07) is 0. The molecule has 0 atom stereocenters. The predicted molar refractivity (Wildman–Crippen MR) is 67.9 cm³/mol. The molecule has 1 saturated carbocycles. The van der Waals surface area contributed by atoms with Crippen LogP contribution in [0.15, 0.2) is 0 Å². The molecule has 0 aromatic carbocycles. The lowest BCUT2D eigenvalue weighted by atomic mass is 9.67. The van der Waals surface area contributed by atoms with Gasteiger partial charge in [-0.2, -0.15) is 0 Å². The zero-order valence-electron chi connectivity index (χ0n) is 11.0. The molecular formula is C14H26O3. The van der Waals surface area contributed by atoms with E-state index < -0.39 is 11.4 Å². The van der Waals surface area contributed by atoms with E-state index >= 15 is 0 Å². The third kappa shape index (κ3) is 3.98. The van der Waals surface area contributed by atoms with E-state index in [1.165, 1.54) is 6.42 Å². The summed E-state index contributed by atoms with van der Waals surface area (Å²) < 4.78 is 0. The fraction of sp³-hybridized carbons (Fsp3) is 0.929. The Morgan fingerprint density at radius 3 is 2.35 bits per heavy atom. The molecule has 0 aromatic rings. The minimum atomic E-state index is -0.601. The standard InChI is InChI=1S/C14H26O3/c1-2-12-6-9-14(10-7-12,13(16)17)8-4-3-5-11-15/h12,15H,2-11H2,1H3,(H,16,17). The van der Waals surface area contributed by atoms with Gasteiger partial charge in [0.1, 0.15) is 0 Å². The van der Waals surface area contributed by atoms with Crippen LogP contribution in [0.25, 0.3) is 0 Å². The van der Waals surface area contributed by atoms with E-state index in [4.69, 9.17) is 5.11 Å². The van der Waals surface area contributed by atoms with Crippen LogP contribution >= 0.6 is 0 Å². The minimum absolute atomic E-state index is 0.220. The molecule has 2 N–H and O–H groups in total. The highest BCUT2D eigenvalue weighted by molar-refractivity contribution is 5.74. The molecule has 1 aliphatic carbocycles. The average molecular weight is 242 g/mol. The van der Waals surface area contributed by atoms with Crippen LogP contribution in [0.2, 0.25) is 0 Å². The van der Waals surface area contributed by atoms with E-state index in [-0.39, 0.29) is 6.61 Å². The van der Waals surface area contributed by atoms with Gasteiger partial charge in [0.15, 0.2) is 0 Å². The zero-order chi connectivity index (χ0) is 12.7. The molecule has 100 valence electrons. The number of hydrogen-bond acceptors (Lipinski definition) is 2. The summed E-state index contributed by atoms with van der Waals surface area (Å²) >= 11 is 0. The van der Waals surface area contributed by atoms with Crippen molar-refractivity contribution >= 4 is 5.97 Å². The van der Waals surface area contributed by atoms with Crippen molar-refractivity contribution in [3.05, 3.63) is 0 Å². The van der Waals surface area contributed by atoms with Crippen molar-refractivity contribution in [1.82, 2.24) is 0 Å². The van der Waals surface area contributed by atoms with Crippen LogP contribution in [0, 0.1) is 11.3 Å². The topological polar surface area (TPSA) is 57.5 Å². The number of carboxylic acids is 1. The maximum atomic E-state index is 11.5. The summed E-state index contributed by atoms with van der Waals surface area (Å²) in [6.07, 6.45) is 8.49. The van der Waals surface area contributed by atoms with E-state index in [9.17, 15) is 9.90 Å². The second kappa shape index (κ2) is 7.00. The van der Waals surface area contributed by atoms with Crippen molar-refractivity contribution < 1.29 is 15.0 Å². The first-order chi connectivity index (χ1) is 8.14. The molecule has 0 aromatic heterocycles. The van der Waals surface area contributed by atoms with Crippen molar-refractivity contribution in [2.45, 2.75) is 64.7 Å². The highest BCUT2D eigenvalue weighted by Gasteiger charge is 2.40. The molecule has 3 nitrogen and oxygen atoms in total. The van der Waals surface area contributed by atoms with Crippen molar-refractivity contribution in [3.63, 3.8) is 0 Å². The van der Waals surface area contributed by atoms with Gasteiger partial charge < -0.3 is 10.2 Å². The summed E-state index contributed by atoms with van der Waals surface area (Å²) in [7, 11) is 0. The lowest BCUT2D eigenvalue weighted by molar-refractivity contribution is -0.152. The monoisotopic (exact) mass is 242 g/mol. The van der Waals surface area contributed by atoms with Crippen LogP contribution in [-0.4, -0.2) is 22.8 Å². The third-order valence-corrected chi connectivity index (χ3v) is 4.41. The van der Waals surface area contributed by atoms with Gasteiger partial charge in [0.25, 0.3) is 0 Å². The van der Waals surface area contributed by atoms with Crippen molar-refractivity contribution in [2.75, 3.05) is 6.61 Å². The molecule has 1 aliphatic rings. The number of unbranched alkanes of at least 4 members (excludes halogenated alkanes) is 2. The summed E-state index contributed by atoms with van der Waals surface area (Å²) in [6.45, 7) is 2.41. The number of aliphatic carboxylic acids is 1. The summed E-state index contributed by atoms with van der Waals surface area (Å²) in [4.78, 5) is 11.5. The molecule has 0 bridgehead atoms. The van der Waals surface area contributed by atoms with Crippen molar-refractivity contribution in [1.29, 1.82) is 0 Å². The first kappa shape index (κ1) is 14.5. The van der Waals surface area contributed by atoms with Crippen LogP contribution in [0.4, 0.5) is 0 Å². The van der Waals surface area contributed by atoms with Gasteiger partial charge in [-0.1, -0.05) is 26.2 Å². The molecule has 0 spiro atoms. The molecular weight excluding hydrogens is 216 g/mol. The number of aliphatic hydroxyl groups is 1. The highest BCUT2D eigenvalue weighted by atomic mass is 16.4. The number of rotatable bonds is 7. The maximum absolute atomic E-state index is 11.5. The molecule has 17 heavy (non-hydrogen) atoms. The van der Waals surface area contributed by atoms with Gasteiger partial charge in [-0.15, -0.1) is 0 Å². The molecule has 1 fully saturated rings. The van der Waals surface area contributed by atoms with Gasteiger partial charge in [-0.05, 0) is 44.4 Å². The maximum Gasteiger partial charge on any atom is 0.309 e. The molecule has 0 heterocycles. The Kier molecular flexibility index (Phi) is 5.96. The van der Waals surface area contributed by atoms with Crippen LogP contribution in [0.3, 0.4) is 0 Å². The zero-order valence-corrected chi connectivity index (χ0v) is 11.0. The van der Waals surface area contributed by atoms with Gasteiger partial charge in [0, 0.05) is 6.61 Å². The smallest absolute Gasteiger partial charge is 0.309 e. The quantitative estimate of drug-likeness (QED) is 0.674. The van der Waals surface area contributed by atoms with E-state index in [2.05, 4.69) is 6.92 Å². The average Bonchev–Trinajstić information content (AvgIpc) is 2.35. The van der Waals surface area contributed by atoms with Gasteiger partial charge in [-0.25, -0.2) is 0 Å². The lowest BCUT2D eigenvalue weighted by Crippen LogP contribution is -2.35. The second-order valence-corrected chi connectivity index (χ2v) is 5.47. The Hall–Kier alpha value is -0.570. The molecule has 3 heteroatoms. The first-order valence-electron chi connectivity index (χ1n) is 6.99. The van der Waals surface area contributed by atoms with Crippen LogP contribution in [-0.2, 0) is 4.79 Å². The van der Waals surface area contributed by atoms with Crippen LogP contribution in [0.1, 0.15) is 64.7 Å². The van der Waals surface area contributed by atoms with Gasteiger partial charge in [-0.3, -0.25) is 4.79 Å². The largest absolute Gasteiger partial charge is 0.481 e. The Morgan fingerprint density at radius 1 is 1.24 bits per heavy atom. The Bertz CT molecular complexity index is 230. The van der Waals surface area contributed by atoms with Crippen molar-refractivity contribution in [2.24, 2.45) is 11.3 Å². The third-order valence-electron chi connectivity index (χ3n) is 4.41. The first-order valence-corrected chi connectivity index (χ1v) is 6.99. The SMILES string of the molecule is CCC1CCC(CCCCCO)(C(=O)O)CC1. The van der Waals surface area contributed by atoms with Gasteiger partial charge >= 0.3 is 5.97 Å². The summed E-state index contributed by atoms with van der Waals surface area (Å²) in [5.41, 5.74) is -0.457. The van der Waals surface area contributed by atoms with E-state index in [1.807, 2.05) is 0 Å². The minimum Gasteiger partial charge on any atom is -0.481 e. The summed E-state index contributed by atoms with van der Waals surface area (Å²) in [5, 5.41) is 18.2. The highest BCUT2D eigenvalue weighted by Crippen LogP contribution is 2.43. The Morgan fingerprint density at radius 2 is 1.88 bits per heavy atom. The number of aliphatic hydroxyl groups excluding tert-OH is 1. The van der Waals surface area contributed by atoms with Crippen LogP contribution in [0.5, 0.6) is 0 Å². The molecule has 0 unspecified atom stereocenters. The Labute approximate surface area is 104 Å². The predicted octanol–water partition coefficient (Wildman–Crippen LogP) is 3.21. The van der Waals surface area contributed by atoms with E-state index in [0.717, 1.165) is 57.3 Å². The molecule has 0 saturated heterocycles. The lowest BCUT2D eigenvalue weighted by Gasteiger charge is -2.36. The molecule has 1 rings (SSSR count). The van der Waals surface area contributed by atoms with E-state index in [1.54, 1.807) is 0 Å². The fourth-order valence-corrected chi connectivity index (χ4v) is 2.96. The number of hydrogen-bond donors (Lipinski definition) is 2. The van der Waals surface area contributed by atoms with Gasteiger partial charge in [0.05, 0.1) is 5.41 Å². The molecule has 0 aliphatic heterocycles. The van der Waals surface area contributed by atoms with Crippen molar-refractivity contribution in [3.8, 4) is 0 Å². The molecule has 0 amide bonds. The van der Waals surface area contributed by atoms with E-state index in [0.29, 0.717) is 0 Å². The fourth-order valence-electron chi connectivity index (χ4n) is 2.96. The normalized spacial score (nSPS) is 29.2. The number of carboxylic acid groups (broad SMARTS) is 1. The summed E-state index contributed by atoms with van der Waals surface area (Å²) in [5.74, 6) is 0.135. The number of carbonyl (C=O) groups is 1. The second-order valence-electron chi connectivity index (χ2n) is 5.47. The molecule has 0 radical (unpaired) electrons.